The maximum atomic E-state index is 11.9. The fraction of sp³-hybridized carbons (Fsp3) is 0.737. The first-order valence-electron chi connectivity index (χ1n) is 10.1. The smallest absolute Gasteiger partial charge is 0.475 e. The number of carbonyl (C=O) groups is 1. The van der Waals surface area contributed by atoms with E-state index in [4.69, 9.17) is 14.6 Å². The fourth-order valence-corrected chi connectivity index (χ4v) is 6.35. The van der Waals surface area contributed by atoms with Gasteiger partial charge >= 0.3 is 12.1 Å². The van der Waals surface area contributed by atoms with E-state index in [0.717, 1.165) is 51.9 Å². The minimum absolute atomic E-state index is 0.0304. The van der Waals surface area contributed by atoms with Crippen molar-refractivity contribution in [3.63, 3.8) is 0 Å². The van der Waals surface area contributed by atoms with Gasteiger partial charge in [0.2, 0.25) is 10.0 Å². The predicted molar refractivity (Wildman–Crippen MR) is 109 cm³/mol. The van der Waals surface area contributed by atoms with Gasteiger partial charge in [0, 0.05) is 42.5 Å². The highest BCUT2D eigenvalue weighted by Crippen LogP contribution is 2.42. The molecule has 3 fully saturated rings. The van der Waals surface area contributed by atoms with E-state index < -0.39 is 22.2 Å². The maximum Gasteiger partial charge on any atom is 0.490 e. The molecule has 3 aliphatic rings. The number of sulfonamides is 1. The molecule has 2 N–H and O–H groups in total. The number of carboxylic acids is 1. The second-order valence-corrected chi connectivity index (χ2v) is 11.7. The van der Waals surface area contributed by atoms with Crippen LogP contribution in [0.2, 0.25) is 0 Å². The van der Waals surface area contributed by atoms with Crippen molar-refractivity contribution in [1.82, 2.24) is 9.62 Å². The number of likely N-dealkylation sites (tertiary alicyclic amines) is 1. The molecule has 0 amide bonds. The molecule has 2 aliphatic heterocycles. The Labute approximate surface area is 183 Å². The molecule has 3 heterocycles. The van der Waals surface area contributed by atoms with Crippen molar-refractivity contribution in [2.45, 2.75) is 56.2 Å². The van der Waals surface area contributed by atoms with Crippen LogP contribution in [0.15, 0.2) is 12.1 Å². The van der Waals surface area contributed by atoms with Crippen molar-refractivity contribution in [3.8, 4) is 0 Å². The molecule has 176 valence electrons. The van der Waals surface area contributed by atoms with Crippen molar-refractivity contribution in [1.29, 1.82) is 0 Å². The van der Waals surface area contributed by atoms with Crippen LogP contribution >= 0.6 is 11.3 Å². The van der Waals surface area contributed by atoms with E-state index in [9.17, 15) is 21.6 Å². The van der Waals surface area contributed by atoms with Crippen LogP contribution in [0, 0.1) is 12.8 Å². The summed E-state index contributed by atoms with van der Waals surface area (Å²) in [5.74, 6) is -2.28. The van der Waals surface area contributed by atoms with E-state index in [-0.39, 0.29) is 10.9 Å². The topological polar surface area (TPSA) is 95.9 Å². The average Bonchev–Trinajstić information content (AvgIpc) is 3.31. The van der Waals surface area contributed by atoms with Gasteiger partial charge in [-0.2, -0.15) is 13.2 Å². The van der Waals surface area contributed by atoms with Crippen LogP contribution in [-0.4, -0.2) is 67.7 Å². The van der Waals surface area contributed by atoms with Crippen LogP contribution in [0.4, 0.5) is 13.2 Å². The molecular weight excluding hydrogens is 457 g/mol. The summed E-state index contributed by atoms with van der Waals surface area (Å²) in [4.78, 5) is 14.1. The molecule has 7 nitrogen and oxygen atoms in total. The van der Waals surface area contributed by atoms with Gasteiger partial charge in [-0.15, -0.1) is 11.3 Å². The van der Waals surface area contributed by atoms with E-state index in [1.54, 1.807) is 0 Å². The number of halogens is 3. The molecule has 1 atom stereocenters. The van der Waals surface area contributed by atoms with E-state index in [2.05, 4.69) is 28.7 Å². The van der Waals surface area contributed by atoms with E-state index in [1.807, 2.05) is 11.3 Å². The fourth-order valence-electron chi connectivity index (χ4n) is 4.03. The molecule has 31 heavy (non-hydrogen) atoms. The van der Waals surface area contributed by atoms with Gasteiger partial charge in [-0.1, -0.05) is 0 Å². The minimum Gasteiger partial charge on any atom is -0.475 e. The Morgan fingerprint density at radius 1 is 1.32 bits per heavy atom. The molecule has 0 bridgehead atoms. The van der Waals surface area contributed by atoms with Crippen LogP contribution < -0.4 is 4.72 Å². The average molecular weight is 485 g/mol. The van der Waals surface area contributed by atoms with Gasteiger partial charge in [0.05, 0.1) is 10.9 Å². The molecule has 1 spiro atoms. The number of rotatable bonds is 7. The second-order valence-electron chi connectivity index (χ2n) is 8.29. The van der Waals surface area contributed by atoms with Crippen molar-refractivity contribution in [2.24, 2.45) is 5.92 Å². The minimum atomic E-state index is -5.08. The van der Waals surface area contributed by atoms with Crippen LogP contribution in [-0.2, 0) is 26.1 Å². The number of hydrogen-bond acceptors (Lipinski definition) is 6. The molecule has 1 aliphatic carbocycles. The summed E-state index contributed by atoms with van der Waals surface area (Å²) in [6.07, 6.45) is -1.50. The molecule has 12 heteroatoms. The van der Waals surface area contributed by atoms with Gasteiger partial charge in [0.15, 0.2) is 0 Å². The van der Waals surface area contributed by atoms with E-state index in [0.29, 0.717) is 12.5 Å². The summed E-state index contributed by atoms with van der Waals surface area (Å²) >= 11 is 1.86. The first kappa shape index (κ1) is 24.4. The first-order chi connectivity index (χ1) is 14.4. The molecular formula is C19H27F3N2O5S2. The third-order valence-electron chi connectivity index (χ3n) is 5.76. The third kappa shape index (κ3) is 6.41. The molecule has 1 aromatic heterocycles. The Morgan fingerprint density at radius 2 is 1.97 bits per heavy atom. The van der Waals surface area contributed by atoms with Crippen molar-refractivity contribution < 1.29 is 36.2 Å². The lowest BCUT2D eigenvalue weighted by Gasteiger charge is -2.50. The number of nitrogens with zero attached hydrogens (tertiary/aromatic N) is 1. The summed E-state index contributed by atoms with van der Waals surface area (Å²) in [6.45, 7) is 6.47. The van der Waals surface area contributed by atoms with Gasteiger partial charge < -0.3 is 9.84 Å². The molecule has 1 aromatic rings. The normalized spacial score (nSPS) is 23.3. The summed E-state index contributed by atoms with van der Waals surface area (Å²) in [5, 5.41) is 7.00. The number of aryl methyl sites for hydroxylation is 1. The Kier molecular flexibility index (Phi) is 7.36. The van der Waals surface area contributed by atoms with Crippen LogP contribution in [0.5, 0.6) is 0 Å². The second kappa shape index (κ2) is 9.34. The number of aliphatic carboxylic acids is 1. The molecule has 0 radical (unpaired) electrons. The Hall–Kier alpha value is -1.21. The summed E-state index contributed by atoms with van der Waals surface area (Å²) < 4.78 is 64.5. The predicted octanol–water partition coefficient (Wildman–Crippen LogP) is 2.75. The number of hydrogen-bond donors (Lipinski definition) is 2. The Morgan fingerprint density at radius 3 is 2.48 bits per heavy atom. The summed E-state index contributed by atoms with van der Waals surface area (Å²) in [6, 6.07) is 4.39. The highest BCUT2D eigenvalue weighted by molar-refractivity contribution is 7.90. The third-order valence-corrected chi connectivity index (χ3v) is 8.70. The highest BCUT2D eigenvalue weighted by atomic mass is 32.2. The number of ether oxygens (including phenoxy) is 1. The quantitative estimate of drug-likeness (QED) is 0.618. The van der Waals surface area contributed by atoms with E-state index in [1.165, 1.54) is 9.75 Å². The summed E-state index contributed by atoms with van der Waals surface area (Å²) in [7, 11) is -3.05. The van der Waals surface area contributed by atoms with Gasteiger partial charge in [-0.05, 0) is 50.7 Å². The van der Waals surface area contributed by atoms with Gasteiger partial charge in [-0.25, -0.2) is 17.9 Å². The molecule has 4 rings (SSSR count). The van der Waals surface area contributed by atoms with Crippen LogP contribution in [0.1, 0.15) is 35.4 Å². The zero-order valence-electron chi connectivity index (χ0n) is 17.2. The van der Waals surface area contributed by atoms with Crippen molar-refractivity contribution >= 4 is 27.3 Å². The lowest BCUT2D eigenvalue weighted by atomic mass is 9.79. The maximum absolute atomic E-state index is 11.9. The standard InChI is InChI=1S/C17H26N2O3S2.C2HF3O2/c1-13-2-3-15(23-13)10-19-11-17(12-19)14(7-9-22-17)6-8-18-24(20,21)16-4-5-16;3-2(4,5)1(6)7/h2-3,14,16,18H,4-12H2,1H3;(H,6,7). The lowest BCUT2D eigenvalue weighted by Crippen LogP contribution is -2.64. The molecule has 1 saturated carbocycles. The number of nitrogens with one attached hydrogen (secondary N) is 1. The zero-order valence-corrected chi connectivity index (χ0v) is 18.8. The van der Waals surface area contributed by atoms with Gasteiger partial charge in [-0.3, -0.25) is 4.90 Å². The summed E-state index contributed by atoms with van der Waals surface area (Å²) in [5.41, 5.74) is -0.0304. The number of alkyl halides is 3. The molecule has 1 unspecified atom stereocenters. The number of thiophene rings is 1. The monoisotopic (exact) mass is 484 g/mol. The lowest BCUT2D eigenvalue weighted by molar-refractivity contribution is -0.192. The Balaban J connectivity index is 0.000000339. The SMILES string of the molecule is Cc1ccc(CN2CC3(C2)OCCC3CCNS(=O)(=O)C2CC2)s1.O=C(O)C(F)(F)F. The largest absolute Gasteiger partial charge is 0.490 e. The molecule has 2 saturated heterocycles. The Bertz CT molecular complexity index is 877. The molecule has 0 aromatic carbocycles. The van der Waals surface area contributed by atoms with E-state index >= 15 is 0 Å². The highest BCUT2D eigenvalue weighted by Gasteiger charge is 2.52. The zero-order chi connectivity index (χ0) is 22.9. The van der Waals surface area contributed by atoms with Crippen molar-refractivity contribution in [3.05, 3.63) is 21.9 Å². The van der Waals surface area contributed by atoms with Crippen LogP contribution in [0.3, 0.4) is 0 Å². The number of carboxylic acid groups (broad SMARTS) is 1. The van der Waals surface area contributed by atoms with Gasteiger partial charge in [0.25, 0.3) is 0 Å². The van der Waals surface area contributed by atoms with Crippen molar-refractivity contribution in [2.75, 3.05) is 26.2 Å². The van der Waals surface area contributed by atoms with Gasteiger partial charge in [0.1, 0.15) is 0 Å². The first-order valence-corrected chi connectivity index (χ1v) is 12.5. The van der Waals surface area contributed by atoms with Crippen LogP contribution in [0.25, 0.3) is 0 Å².